The Labute approximate surface area is 138 Å². The van der Waals surface area contributed by atoms with Crippen LogP contribution in [0.4, 0.5) is 5.69 Å². The second kappa shape index (κ2) is 10.2. The second-order valence-corrected chi connectivity index (χ2v) is 5.09. The van der Waals surface area contributed by atoms with Crippen LogP contribution in [0.3, 0.4) is 0 Å². The van der Waals surface area contributed by atoms with Crippen molar-refractivity contribution in [1.29, 1.82) is 0 Å². The normalized spacial score (nSPS) is 11.3. The Morgan fingerprint density at radius 2 is 1.82 bits per heavy atom. The summed E-state index contributed by atoms with van der Waals surface area (Å²) in [4.78, 5) is 26.1. The molecule has 0 aliphatic carbocycles. The number of nitrogens with one attached hydrogen (secondary N) is 1. The van der Waals surface area contributed by atoms with Crippen molar-refractivity contribution in [3.05, 3.63) is 29.8 Å². The van der Waals surface area contributed by atoms with Gasteiger partial charge in [0.1, 0.15) is 0 Å². The molecular formula is C16H26ClN3O2. The predicted molar refractivity (Wildman–Crippen MR) is 92.5 cm³/mol. The van der Waals surface area contributed by atoms with Gasteiger partial charge in [0.05, 0.1) is 11.3 Å². The summed E-state index contributed by atoms with van der Waals surface area (Å²) in [6, 6.07) is 7.08. The smallest absolute Gasteiger partial charge is 0.255 e. The van der Waals surface area contributed by atoms with E-state index < -0.39 is 0 Å². The van der Waals surface area contributed by atoms with Crippen molar-refractivity contribution in [1.82, 2.24) is 4.90 Å². The SMILES string of the molecule is CCN(CC)C(=O)c1ccccc1NC(=O)CCC(C)N.Cl. The summed E-state index contributed by atoms with van der Waals surface area (Å²) in [7, 11) is 0. The van der Waals surface area contributed by atoms with Gasteiger partial charge in [0.2, 0.25) is 5.91 Å². The molecule has 3 N–H and O–H groups in total. The van der Waals surface area contributed by atoms with E-state index >= 15 is 0 Å². The monoisotopic (exact) mass is 327 g/mol. The zero-order valence-corrected chi connectivity index (χ0v) is 14.3. The first-order chi connectivity index (χ1) is 9.99. The lowest BCUT2D eigenvalue weighted by Gasteiger charge is -2.20. The Bertz CT molecular complexity index is 488. The highest BCUT2D eigenvalue weighted by molar-refractivity contribution is 6.03. The summed E-state index contributed by atoms with van der Waals surface area (Å²) < 4.78 is 0. The number of anilines is 1. The number of nitrogens with zero attached hydrogens (tertiary/aromatic N) is 1. The summed E-state index contributed by atoms with van der Waals surface area (Å²) in [5.74, 6) is -0.185. The molecule has 124 valence electrons. The molecule has 1 atom stereocenters. The fraction of sp³-hybridized carbons (Fsp3) is 0.500. The van der Waals surface area contributed by atoms with Gasteiger partial charge >= 0.3 is 0 Å². The molecule has 2 amide bonds. The van der Waals surface area contributed by atoms with Crippen LogP contribution in [0.25, 0.3) is 0 Å². The van der Waals surface area contributed by atoms with Crippen molar-refractivity contribution in [2.75, 3.05) is 18.4 Å². The molecule has 6 heteroatoms. The first kappa shape index (κ1) is 20.4. The van der Waals surface area contributed by atoms with Crippen LogP contribution >= 0.6 is 12.4 Å². The highest BCUT2D eigenvalue weighted by Gasteiger charge is 2.17. The zero-order valence-electron chi connectivity index (χ0n) is 13.5. The fourth-order valence-corrected chi connectivity index (χ4v) is 2.03. The number of carbonyl (C=O) groups excluding carboxylic acids is 2. The predicted octanol–water partition coefficient (Wildman–Crippen LogP) is 2.66. The maximum Gasteiger partial charge on any atom is 0.255 e. The minimum absolute atomic E-state index is 0. The molecule has 0 aliphatic rings. The van der Waals surface area contributed by atoms with Gasteiger partial charge in [0, 0.05) is 25.6 Å². The number of carbonyl (C=O) groups is 2. The average Bonchev–Trinajstić information content (AvgIpc) is 2.47. The van der Waals surface area contributed by atoms with Crippen molar-refractivity contribution in [3.63, 3.8) is 0 Å². The number of para-hydroxylation sites is 1. The van der Waals surface area contributed by atoms with Crippen LogP contribution in [0, 0.1) is 0 Å². The van der Waals surface area contributed by atoms with E-state index in [2.05, 4.69) is 5.32 Å². The second-order valence-electron chi connectivity index (χ2n) is 5.09. The molecule has 0 aliphatic heterocycles. The zero-order chi connectivity index (χ0) is 15.8. The van der Waals surface area contributed by atoms with E-state index in [0.717, 1.165) is 0 Å². The third-order valence-electron chi connectivity index (χ3n) is 3.31. The van der Waals surface area contributed by atoms with E-state index in [1.165, 1.54) is 0 Å². The minimum Gasteiger partial charge on any atom is -0.339 e. The van der Waals surface area contributed by atoms with Gasteiger partial charge in [-0.3, -0.25) is 9.59 Å². The molecule has 1 rings (SSSR count). The third kappa shape index (κ3) is 6.03. The molecule has 0 aromatic heterocycles. The van der Waals surface area contributed by atoms with Crippen molar-refractivity contribution < 1.29 is 9.59 Å². The number of nitrogens with two attached hydrogens (primary N) is 1. The van der Waals surface area contributed by atoms with Gasteiger partial charge in [-0.25, -0.2) is 0 Å². The Balaban J connectivity index is 0.00000441. The molecule has 0 saturated heterocycles. The molecule has 0 saturated carbocycles. The summed E-state index contributed by atoms with van der Waals surface area (Å²) in [6.07, 6.45) is 0.976. The molecule has 1 unspecified atom stereocenters. The topological polar surface area (TPSA) is 75.4 Å². The molecule has 0 radical (unpaired) electrons. The lowest BCUT2D eigenvalue weighted by atomic mass is 10.1. The number of amides is 2. The van der Waals surface area contributed by atoms with Gasteiger partial charge in [-0.05, 0) is 39.3 Å². The first-order valence-electron chi connectivity index (χ1n) is 7.43. The van der Waals surface area contributed by atoms with Crippen molar-refractivity contribution in [3.8, 4) is 0 Å². The van der Waals surface area contributed by atoms with E-state index in [-0.39, 0.29) is 30.3 Å². The van der Waals surface area contributed by atoms with Gasteiger partial charge in [-0.1, -0.05) is 12.1 Å². The lowest BCUT2D eigenvalue weighted by Crippen LogP contribution is -2.31. The van der Waals surface area contributed by atoms with Crippen molar-refractivity contribution >= 4 is 29.9 Å². The van der Waals surface area contributed by atoms with Crippen LogP contribution in [0.5, 0.6) is 0 Å². The maximum atomic E-state index is 12.4. The van der Waals surface area contributed by atoms with E-state index in [4.69, 9.17) is 5.73 Å². The molecule has 22 heavy (non-hydrogen) atoms. The molecule has 5 nitrogen and oxygen atoms in total. The number of hydrogen-bond donors (Lipinski definition) is 2. The first-order valence-corrected chi connectivity index (χ1v) is 7.43. The van der Waals surface area contributed by atoms with E-state index in [1.807, 2.05) is 20.8 Å². The van der Waals surface area contributed by atoms with Crippen LogP contribution in [-0.4, -0.2) is 35.8 Å². The molecule has 0 heterocycles. The Morgan fingerprint density at radius 3 is 2.36 bits per heavy atom. The molecule has 1 aromatic carbocycles. The number of rotatable bonds is 7. The van der Waals surface area contributed by atoms with Gasteiger partial charge in [0.15, 0.2) is 0 Å². The maximum absolute atomic E-state index is 12.4. The van der Waals surface area contributed by atoms with Crippen LogP contribution in [0.1, 0.15) is 44.0 Å². The molecular weight excluding hydrogens is 302 g/mol. The summed E-state index contributed by atoms with van der Waals surface area (Å²) >= 11 is 0. The highest BCUT2D eigenvalue weighted by Crippen LogP contribution is 2.18. The molecule has 1 aromatic rings. The van der Waals surface area contributed by atoms with Gasteiger partial charge in [0.25, 0.3) is 5.91 Å². The quantitative estimate of drug-likeness (QED) is 0.808. The van der Waals surface area contributed by atoms with E-state index in [9.17, 15) is 9.59 Å². The molecule has 0 spiro atoms. The standard InChI is InChI=1S/C16H25N3O2.ClH/c1-4-19(5-2)16(21)13-8-6-7-9-14(13)18-15(20)11-10-12(3)17;/h6-9,12H,4-5,10-11,17H2,1-3H3,(H,18,20);1H. The highest BCUT2D eigenvalue weighted by atomic mass is 35.5. The van der Waals surface area contributed by atoms with E-state index in [0.29, 0.717) is 37.2 Å². The van der Waals surface area contributed by atoms with Crippen molar-refractivity contribution in [2.24, 2.45) is 5.73 Å². The summed E-state index contributed by atoms with van der Waals surface area (Å²) in [5, 5.41) is 2.81. The van der Waals surface area contributed by atoms with E-state index in [1.54, 1.807) is 29.2 Å². The fourth-order valence-electron chi connectivity index (χ4n) is 2.03. The Hall–Kier alpha value is -1.59. The van der Waals surface area contributed by atoms with Crippen LogP contribution in [-0.2, 0) is 4.79 Å². The van der Waals surface area contributed by atoms with Crippen molar-refractivity contribution in [2.45, 2.75) is 39.7 Å². The third-order valence-corrected chi connectivity index (χ3v) is 3.31. The number of hydrogen-bond acceptors (Lipinski definition) is 3. The summed E-state index contributed by atoms with van der Waals surface area (Å²) in [5.41, 5.74) is 6.73. The largest absolute Gasteiger partial charge is 0.339 e. The number of benzene rings is 1. The van der Waals surface area contributed by atoms with Gasteiger partial charge < -0.3 is 16.0 Å². The minimum atomic E-state index is -0.118. The lowest BCUT2D eigenvalue weighted by molar-refractivity contribution is -0.116. The van der Waals surface area contributed by atoms with Gasteiger partial charge in [-0.2, -0.15) is 0 Å². The number of halogens is 1. The van der Waals surface area contributed by atoms with Gasteiger partial charge in [-0.15, -0.1) is 12.4 Å². The Kier molecular flexibility index (Phi) is 9.45. The average molecular weight is 328 g/mol. The molecule has 0 fully saturated rings. The summed E-state index contributed by atoms with van der Waals surface area (Å²) in [6.45, 7) is 7.02. The van der Waals surface area contributed by atoms with Crippen LogP contribution in [0.15, 0.2) is 24.3 Å². The van der Waals surface area contributed by atoms with Crippen LogP contribution < -0.4 is 11.1 Å². The van der Waals surface area contributed by atoms with Crippen LogP contribution in [0.2, 0.25) is 0 Å². The Morgan fingerprint density at radius 1 is 1.23 bits per heavy atom. The molecule has 0 bridgehead atoms.